The molecule has 4 nitrogen and oxygen atoms in total. The second kappa shape index (κ2) is 7.57. The van der Waals surface area contributed by atoms with Gasteiger partial charge in [-0.25, -0.2) is 0 Å². The van der Waals surface area contributed by atoms with Gasteiger partial charge in [-0.1, -0.05) is 30.3 Å². The normalized spacial score (nSPS) is 9.94. The molecule has 0 aliphatic heterocycles. The standard InChI is InChI=1S/C13H17NO3/c1-11(15)7-8-13(16)17-14-10-9-12-5-3-2-4-6-12/h2-6,14H,7-10H2,1H3. The predicted molar refractivity (Wildman–Crippen MR) is 64.2 cm³/mol. The maximum Gasteiger partial charge on any atom is 0.325 e. The Bertz CT molecular complexity index is 362. The first-order valence-corrected chi connectivity index (χ1v) is 5.64. The summed E-state index contributed by atoms with van der Waals surface area (Å²) in [7, 11) is 0. The van der Waals surface area contributed by atoms with Crippen LogP contribution in [0.25, 0.3) is 0 Å². The lowest BCUT2D eigenvalue weighted by Gasteiger charge is -2.05. The van der Waals surface area contributed by atoms with Gasteiger partial charge in [0.05, 0.1) is 6.42 Å². The van der Waals surface area contributed by atoms with Crippen LogP contribution in [0.3, 0.4) is 0 Å². The molecular formula is C13H17NO3. The van der Waals surface area contributed by atoms with Crippen LogP contribution >= 0.6 is 0 Å². The molecule has 0 radical (unpaired) electrons. The van der Waals surface area contributed by atoms with Gasteiger partial charge in [0.2, 0.25) is 0 Å². The molecule has 0 unspecified atom stereocenters. The number of benzene rings is 1. The van der Waals surface area contributed by atoms with Gasteiger partial charge >= 0.3 is 5.97 Å². The summed E-state index contributed by atoms with van der Waals surface area (Å²) in [5.74, 6) is -0.403. The minimum absolute atomic E-state index is 0.00812. The van der Waals surface area contributed by atoms with Crippen LogP contribution in [0.2, 0.25) is 0 Å². The monoisotopic (exact) mass is 235 g/mol. The Balaban J connectivity index is 2.08. The zero-order chi connectivity index (χ0) is 12.5. The zero-order valence-corrected chi connectivity index (χ0v) is 9.94. The summed E-state index contributed by atoms with van der Waals surface area (Å²) in [4.78, 5) is 26.5. The number of hydroxylamine groups is 1. The molecule has 1 N–H and O–H groups in total. The fourth-order valence-electron chi connectivity index (χ4n) is 1.30. The van der Waals surface area contributed by atoms with E-state index in [-0.39, 0.29) is 18.6 Å². The van der Waals surface area contributed by atoms with Crippen molar-refractivity contribution in [3.63, 3.8) is 0 Å². The van der Waals surface area contributed by atoms with Gasteiger partial charge in [-0.3, -0.25) is 4.79 Å². The van der Waals surface area contributed by atoms with Crippen LogP contribution in [-0.2, 0) is 20.8 Å². The molecule has 0 heterocycles. The lowest BCUT2D eigenvalue weighted by molar-refractivity contribution is -0.151. The van der Waals surface area contributed by atoms with E-state index < -0.39 is 5.97 Å². The van der Waals surface area contributed by atoms with E-state index in [9.17, 15) is 9.59 Å². The molecule has 0 amide bonds. The number of carbonyl (C=O) groups is 2. The lowest BCUT2D eigenvalue weighted by Crippen LogP contribution is -2.22. The fraction of sp³-hybridized carbons (Fsp3) is 0.385. The van der Waals surface area contributed by atoms with E-state index >= 15 is 0 Å². The van der Waals surface area contributed by atoms with E-state index in [1.165, 1.54) is 12.5 Å². The molecule has 4 heteroatoms. The number of rotatable bonds is 7. The average molecular weight is 235 g/mol. The van der Waals surface area contributed by atoms with Crippen molar-refractivity contribution in [1.29, 1.82) is 0 Å². The summed E-state index contributed by atoms with van der Waals surface area (Å²) < 4.78 is 0. The molecule has 1 rings (SSSR count). The van der Waals surface area contributed by atoms with Gasteiger partial charge in [0.15, 0.2) is 0 Å². The van der Waals surface area contributed by atoms with E-state index in [1.54, 1.807) is 0 Å². The summed E-state index contributed by atoms with van der Waals surface area (Å²) in [5.41, 5.74) is 3.78. The Morgan fingerprint density at radius 3 is 2.53 bits per heavy atom. The van der Waals surface area contributed by atoms with Crippen molar-refractivity contribution in [3.8, 4) is 0 Å². The Kier molecular flexibility index (Phi) is 5.96. The van der Waals surface area contributed by atoms with Gasteiger partial charge in [-0.2, -0.15) is 5.48 Å². The first kappa shape index (κ1) is 13.4. The SMILES string of the molecule is CC(=O)CCC(=O)ONCCc1ccccc1. The Labute approximate surface area is 101 Å². The Hall–Kier alpha value is -1.68. The molecular weight excluding hydrogens is 218 g/mol. The molecule has 17 heavy (non-hydrogen) atoms. The minimum atomic E-state index is -0.395. The van der Waals surface area contributed by atoms with E-state index in [4.69, 9.17) is 4.84 Å². The third-order valence-electron chi connectivity index (χ3n) is 2.23. The second-order valence-electron chi connectivity index (χ2n) is 3.81. The van der Waals surface area contributed by atoms with Crippen molar-refractivity contribution >= 4 is 11.8 Å². The van der Waals surface area contributed by atoms with Crippen LogP contribution in [0, 0.1) is 0 Å². The van der Waals surface area contributed by atoms with E-state index in [1.807, 2.05) is 30.3 Å². The topological polar surface area (TPSA) is 55.4 Å². The van der Waals surface area contributed by atoms with E-state index in [0.717, 1.165) is 6.42 Å². The van der Waals surface area contributed by atoms with Crippen molar-refractivity contribution in [1.82, 2.24) is 5.48 Å². The first-order valence-electron chi connectivity index (χ1n) is 5.64. The lowest BCUT2D eigenvalue weighted by atomic mass is 10.2. The highest BCUT2D eigenvalue weighted by Gasteiger charge is 2.04. The number of nitrogens with one attached hydrogen (secondary N) is 1. The van der Waals surface area contributed by atoms with Crippen LogP contribution < -0.4 is 5.48 Å². The molecule has 0 aliphatic carbocycles. The number of ketones is 1. The minimum Gasteiger partial charge on any atom is -0.371 e. The van der Waals surface area contributed by atoms with E-state index in [2.05, 4.69) is 5.48 Å². The number of carbonyl (C=O) groups excluding carboxylic acids is 2. The van der Waals surface area contributed by atoms with Crippen LogP contribution in [0.1, 0.15) is 25.3 Å². The molecule has 0 fully saturated rings. The molecule has 0 saturated carbocycles. The highest BCUT2D eigenvalue weighted by molar-refractivity contribution is 5.80. The first-order chi connectivity index (χ1) is 8.18. The van der Waals surface area contributed by atoms with E-state index in [0.29, 0.717) is 6.54 Å². The molecule has 0 bridgehead atoms. The van der Waals surface area contributed by atoms with Gasteiger partial charge in [-0.05, 0) is 18.9 Å². The molecule has 0 atom stereocenters. The quantitative estimate of drug-likeness (QED) is 0.576. The molecule has 0 spiro atoms. The second-order valence-corrected chi connectivity index (χ2v) is 3.81. The van der Waals surface area contributed by atoms with Crippen LogP contribution in [-0.4, -0.2) is 18.3 Å². The third kappa shape index (κ3) is 6.48. The van der Waals surface area contributed by atoms with Crippen LogP contribution in [0.5, 0.6) is 0 Å². The van der Waals surface area contributed by atoms with Gasteiger partial charge < -0.3 is 9.63 Å². The zero-order valence-electron chi connectivity index (χ0n) is 9.94. The van der Waals surface area contributed by atoms with Crippen molar-refractivity contribution in [2.45, 2.75) is 26.2 Å². The molecule has 0 aromatic heterocycles. The van der Waals surface area contributed by atoms with Crippen molar-refractivity contribution in [2.75, 3.05) is 6.54 Å². The highest BCUT2D eigenvalue weighted by atomic mass is 16.7. The van der Waals surface area contributed by atoms with Crippen molar-refractivity contribution in [2.24, 2.45) is 0 Å². The average Bonchev–Trinajstić information content (AvgIpc) is 2.33. The molecule has 92 valence electrons. The van der Waals surface area contributed by atoms with Crippen molar-refractivity contribution < 1.29 is 14.4 Å². The summed E-state index contributed by atoms with van der Waals surface area (Å²) in [6, 6.07) is 9.92. The predicted octanol–water partition coefficient (Wildman–Crippen LogP) is 1.65. The molecule has 0 saturated heterocycles. The van der Waals surface area contributed by atoms with Gasteiger partial charge in [0.25, 0.3) is 0 Å². The van der Waals surface area contributed by atoms with Gasteiger partial charge in [0.1, 0.15) is 5.78 Å². The van der Waals surface area contributed by atoms with Crippen molar-refractivity contribution in [3.05, 3.63) is 35.9 Å². The van der Waals surface area contributed by atoms with Gasteiger partial charge in [0, 0.05) is 13.0 Å². The van der Waals surface area contributed by atoms with Crippen LogP contribution in [0.4, 0.5) is 0 Å². The maximum absolute atomic E-state index is 11.1. The summed E-state index contributed by atoms with van der Waals surface area (Å²) in [6.45, 7) is 2.02. The Morgan fingerprint density at radius 1 is 1.18 bits per heavy atom. The summed E-state index contributed by atoms with van der Waals surface area (Å²) in [5, 5.41) is 0. The Morgan fingerprint density at radius 2 is 1.88 bits per heavy atom. The number of Topliss-reactive ketones (excluding diaryl/α,β-unsaturated/α-hetero) is 1. The smallest absolute Gasteiger partial charge is 0.325 e. The highest BCUT2D eigenvalue weighted by Crippen LogP contribution is 1.98. The largest absolute Gasteiger partial charge is 0.371 e. The fourth-order valence-corrected chi connectivity index (χ4v) is 1.30. The summed E-state index contributed by atoms with van der Waals surface area (Å²) >= 11 is 0. The number of hydrogen-bond acceptors (Lipinski definition) is 4. The van der Waals surface area contributed by atoms with Crippen LogP contribution in [0.15, 0.2) is 30.3 Å². The third-order valence-corrected chi connectivity index (χ3v) is 2.23. The number of hydrogen-bond donors (Lipinski definition) is 1. The maximum atomic E-state index is 11.1. The van der Waals surface area contributed by atoms with Gasteiger partial charge in [-0.15, -0.1) is 0 Å². The molecule has 0 aliphatic rings. The molecule has 1 aromatic carbocycles. The summed E-state index contributed by atoms with van der Waals surface area (Å²) in [6.07, 6.45) is 1.16. The molecule has 1 aromatic rings.